The highest BCUT2D eigenvalue weighted by atomic mass is 16.5. The molecule has 3 rings (SSSR count). The fourth-order valence-corrected chi connectivity index (χ4v) is 3.30. The minimum Gasteiger partial charge on any atom is -0.383 e. The van der Waals surface area contributed by atoms with Crippen molar-refractivity contribution in [3.05, 3.63) is 18.5 Å². The monoisotopic (exact) mass is 292 g/mol. The van der Waals surface area contributed by atoms with Crippen LogP contribution in [0.5, 0.6) is 0 Å². The van der Waals surface area contributed by atoms with Gasteiger partial charge in [-0.25, -0.2) is 9.97 Å². The van der Waals surface area contributed by atoms with E-state index < -0.39 is 0 Å². The van der Waals surface area contributed by atoms with E-state index >= 15 is 0 Å². The van der Waals surface area contributed by atoms with Crippen LogP contribution in [0.1, 0.15) is 6.42 Å². The molecule has 0 unspecified atom stereocenters. The van der Waals surface area contributed by atoms with E-state index in [9.17, 15) is 0 Å². The second kappa shape index (κ2) is 6.68. The number of aromatic nitrogens is 2. The van der Waals surface area contributed by atoms with Crippen molar-refractivity contribution in [2.75, 3.05) is 64.6 Å². The van der Waals surface area contributed by atoms with E-state index in [1.807, 2.05) is 6.07 Å². The van der Waals surface area contributed by atoms with Gasteiger partial charge in [0.05, 0.1) is 19.8 Å². The van der Waals surface area contributed by atoms with Crippen molar-refractivity contribution in [3.8, 4) is 0 Å². The molecule has 0 aliphatic carbocycles. The van der Waals surface area contributed by atoms with Crippen LogP contribution >= 0.6 is 0 Å². The van der Waals surface area contributed by atoms with E-state index in [-0.39, 0.29) is 5.41 Å². The molecule has 1 aromatic rings. The Labute approximate surface area is 126 Å². The van der Waals surface area contributed by atoms with Gasteiger partial charge in [-0.2, -0.15) is 0 Å². The SMILES string of the molecule is COCCN1CC[C@]2(COCCN(c3ncccn3)C2)C1. The van der Waals surface area contributed by atoms with E-state index in [4.69, 9.17) is 9.47 Å². The summed E-state index contributed by atoms with van der Waals surface area (Å²) in [4.78, 5) is 13.5. The first-order valence-corrected chi connectivity index (χ1v) is 7.62. The van der Waals surface area contributed by atoms with Gasteiger partial charge in [0.1, 0.15) is 0 Å². The number of hydrogen-bond acceptors (Lipinski definition) is 6. The summed E-state index contributed by atoms with van der Waals surface area (Å²) in [6.45, 7) is 7.40. The molecular formula is C15H24N4O2. The third-order valence-electron chi connectivity index (χ3n) is 4.40. The number of likely N-dealkylation sites (tertiary alicyclic amines) is 1. The Morgan fingerprint density at radius 2 is 2.14 bits per heavy atom. The maximum Gasteiger partial charge on any atom is 0.225 e. The fourth-order valence-electron chi connectivity index (χ4n) is 3.30. The second-order valence-corrected chi connectivity index (χ2v) is 6.04. The Morgan fingerprint density at radius 1 is 1.29 bits per heavy atom. The largest absolute Gasteiger partial charge is 0.383 e. The standard InChI is InChI=1S/C15H24N4O2/c1-20-9-7-18-6-3-15(11-18)12-19(8-10-21-13-15)14-16-4-2-5-17-14/h2,4-5H,3,6-13H2,1H3/t15-/m0/s1. The molecule has 0 saturated carbocycles. The predicted octanol–water partition coefficient (Wildman–Crippen LogP) is 0.652. The van der Waals surface area contributed by atoms with Crippen molar-refractivity contribution in [3.63, 3.8) is 0 Å². The molecule has 2 aliphatic heterocycles. The molecule has 1 atom stereocenters. The minimum atomic E-state index is 0.198. The van der Waals surface area contributed by atoms with E-state index in [0.717, 1.165) is 58.5 Å². The summed E-state index contributed by atoms with van der Waals surface area (Å²) in [6.07, 6.45) is 4.78. The van der Waals surface area contributed by atoms with Gasteiger partial charge in [-0.05, 0) is 19.0 Å². The summed E-state index contributed by atoms with van der Waals surface area (Å²) in [5.41, 5.74) is 0.198. The van der Waals surface area contributed by atoms with Crippen LogP contribution in [0.2, 0.25) is 0 Å². The summed E-state index contributed by atoms with van der Waals surface area (Å²) in [5, 5.41) is 0. The van der Waals surface area contributed by atoms with Gasteiger partial charge >= 0.3 is 0 Å². The van der Waals surface area contributed by atoms with Crippen LogP contribution in [-0.4, -0.2) is 74.5 Å². The maximum absolute atomic E-state index is 5.88. The van der Waals surface area contributed by atoms with Crippen LogP contribution in [0.3, 0.4) is 0 Å². The number of rotatable bonds is 4. The highest BCUT2D eigenvalue weighted by molar-refractivity contribution is 5.29. The van der Waals surface area contributed by atoms with Crippen molar-refractivity contribution < 1.29 is 9.47 Å². The predicted molar refractivity (Wildman–Crippen MR) is 80.4 cm³/mol. The first-order valence-electron chi connectivity index (χ1n) is 7.62. The lowest BCUT2D eigenvalue weighted by Crippen LogP contribution is -2.41. The second-order valence-electron chi connectivity index (χ2n) is 6.04. The molecule has 0 amide bonds. The fraction of sp³-hybridized carbons (Fsp3) is 0.733. The van der Waals surface area contributed by atoms with Gasteiger partial charge in [0.15, 0.2) is 0 Å². The van der Waals surface area contributed by atoms with Crippen molar-refractivity contribution in [1.29, 1.82) is 0 Å². The third-order valence-corrected chi connectivity index (χ3v) is 4.40. The quantitative estimate of drug-likeness (QED) is 0.812. The molecule has 0 bridgehead atoms. The molecule has 0 radical (unpaired) electrons. The maximum atomic E-state index is 5.88. The summed E-state index contributed by atoms with van der Waals surface area (Å²) in [6, 6.07) is 1.86. The number of methoxy groups -OCH3 is 1. The number of anilines is 1. The highest BCUT2D eigenvalue weighted by Gasteiger charge is 2.41. The zero-order chi connectivity index (χ0) is 14.5. The van der Waals surface area contributed by atoms with Crippen molar-refractivity contribution >= 4 is 5.95 Å². The lowest BCUT2D eigenvalue weighted by Gasteiger charge is -2.31. The lowest BCUT2D eigenvalue weighted by atomic mass is 9.87. The van der Waals surface area contributed by atoms with Gasteiger partial charge in [-0.15, -0.1) is 0 Å². The van der Waals surface area contributed by atoms with Crippen LogP contribution in [0.4, 0.5) is 5.95 Å². The van der Waals surface area contributed by atoms with Crippen LogP contribution < -0.4 is 4.90 Å². The smallest absolute Gasteiger partial charge is 0.225 e. The summed E-state index contributed by atoms with van der Waals surface area (Å²) in [5.74, 6) is 0.817. The molecule has 2 aliphatic rings. The first-order chi connectivity index (χ1) is 10.3. The van der Waals surface area contributed by atoms with Gasteiger partial charge in [0.25, 0.3) is 0 Å². The lowest BCUT2D eigenvalue weighted by molar-refractivity contribution is 0.0707. The molecule has 0 N–H and O–H groups in total. The van der Waals surface area contributed by atoms with Gasteiger partial charge in [-0.1, -0.05) is 0 Å². The Hall–Kier alpha value is -1.24. The summed E-state index contributed by atoms with van der Waals surface area (Å²) < 4.78 is 11.1. The van der Waals surface area contributed by atoms with E-state index in [0.29, 0.717) is 0 Å². The molecule has 116 valence electrons. The molecule has 3 heterocycles. The molecule has 6 nitrogen and oxygen atoms in total. The average molecular weight is 292 g/mol. The van der Waals surface area contributed by atoms with E-state index in [1.54, 1.807) is 19.5 Å². The number of ether oxygens (including phenoxy) is 2. The Morgan fingerprint density at radius 3 is 2.95 bits per heavy atom. The Bertz CT molecular complexity index is 445. The van der Waals surface area contributed by atoms with Crippen LogP contribution in [0.15, 0.2) is 18.5 Å². The molecule has 1 spiro atoms. The van der Waals surface area contributed by atoms with Gasteiger partial charge in [0.2, 0.25) is 5.95 Å². The highest BCUT2D eigenvalue weighted by Crippen LogP contribution is 2.34. The molecule has 21 heavy (non-hydrogen) atoms. The van der Waals surface area contributed by atoms with Gasteiger partial charge < -0.3 is 19.3 Å². The molecule has 0 aromatic carbocycles. The molecule has 6 heteroatoms. The molecular weight excluding hydrogens is 268 g/mol. The molecule has 2 saturated heterocycles. The first kappa shape index (κ1) is 14.7. The van der Waals surface area contributed by atoms with Gasteiger partial charge in [-0.3, -0.25) is 0 Å². The zero-order valence-corrected chi connectivity index (χ0v) is 12.7. The Kier molecular flexibility index (Phi) is 4.67. The molecule has 1 aromatic heterocycles. The minimum absolute atomic E-state index is 0.198. The number of nitrogens with zero attached hydrogens (tertiary/aromatic N) is 4. The summed E-state index contributed by atoms with van der Waals surface area (Å²) in [7, 11) is 1.76. The van der Waals surface area contributed by atoms with E-state index in [2.05, 4.69) is 19.8 Å². The number of hydrogen-bond donors (Lipinski definition) is 0. The zero-order valence-electron chi connectivity index (χ0n) is 12.7. The van der Waals surface area contributed by atoms with Crippen molar-refractivity contribution in [1.82, 2.24) is 14.9 Å². The van der Waals surface area contributed by atoms with Crippen molar-refractivity contribution in [2.45, 2.75) is 6.42 Å². The topological polar surface area (TPSA) is 50.7 Å². The van der Waals surface area contributed by atoms with Crippen LogP contribution in [0.25, 0.3) is 0 Å². The third kappa shape index (κ3) is 3.51. The van der Waals surface area contributed by atoms with E-state index in [1.165, 1.54) is 6.42 Å². The van der Waals surface area contributed by atoms with Gasteiger partial charge in [0, 0.05) is 51.1 Å². The van der Waals surface area contributed by atoms with Crippen LogP contribution in [0, 0.1) is 5.41 Å². The summed E-state index contributed by atoms with van der Waals surface area (Å²) >= 11 is 0. The molecule has 2 fully saturated rings. The average Bonchev–Trinajstić information content (AvgIpc) is 2.79. The Balaban J connectivity index is 1.68. The van der Waals surface area contributed by atoms with Crippen LogP contribution in [-0.2, 0) is 9.47 Å². The normalized spacial score (nSPS) is 27.2. The van der Waals surface area contributed by atoms with Crippen molar-refractivity contribution in [2.24, 2.45) is 5.41 Å².